The van der Waals surface area contributed by atoms with E-state index in [0.717, 1.165) is 60.9 Å². The van der Waals surface area contributed by atoms with Crippen molar-refractivity contribution < 1.29 is 21.5 Å². The molecule has 1 aliphatic heterocycles. The summed E-state index contributed by atoms with van der Waals surface area (Å²) in [4.78, 5) is 8.97. The minimum absolute atomic E-state index is 0.0400. The van der Waals surface area contributed by atoms with Crippen molar-refractivity contribution in [1.29, 1.82) is 0 Å². The number of hydrogen-bond donors (Lipinski definition) is 0. The number of benzene rings is 8. The van der Waals surface area contributed by atoms with Crippen molar-refractivity contribution in [3.05, 3.63) is 206 Å². The van der Waals surface area contributed by atoms with Crippen LogP contribution in [0.25, 0.3) is 71.8 Å². The molecular weight excluding hydrogens is 785 g/mol. The number of fused-ring (bicyclic) bond motifs is 8. The van der Waals surface area contributed by atoms with Gasteiger partial charge in [-0.1, -0.05) is 154 Å². The number of aromatic nitrogens is 2. The average Bonchev–Trinajstić information content (AvgIpc) is 4.08. The summed E-state index contributed by atoms with van der Waals surface area (Å²) < 4.78 is 94.5. The number of nitrogens with zero attached hydrogens (tertiary/aromatic N) is 4. The fourth-order valence-electron chi connectivity index (χ4n) is 9.16. The highest BCUT2D eigenvalue weighted by Gasteiger charge is 2.32. The molecule has 0 unspecified atom stereocenters. The lowest BCUT2D eigenvalue weighted by atomic mass is 9.88. The van der Waals surface area contributed by atoms with Crippen LogP contribution in [0.2, 0.25) is 0 Å². The first-order valence-electron chi connectivity index (χ1n) is 25.6. The van der Waals surface area contributed by atoms with Crippen LogP contribution in [-0.4, -0.2) is 16.2 Å². The summed E-state index contributed by atoms with van der Waals surface area (Å²) in [5.41, 5.74) is 7.73. The molecule has 12 rings (SSSR count). The van der Waals surface area contributed by atoms with Crippen molar-refractivity contribution in [3.8, 4) is 39.6 Å². The van der Waals surface area contributed by atoms with Gasteiger partial charge in [-0.25, -0.2) is 4.98 Å². The summed E-state index contributed by atoms with van der Waals surface area (Å²) in [5, 5.41) is 3.67. The minimum Gasteiger partial charge on any atom is -0.456 e. The second-order valence-corrected chi connectivity index (χ2v) is 16.9. The maximum Gasteiger partial charge on any atom is 0.149 e. The monoisotopic (exact) mass is 837 g/mol. The highest BCUT2D eigenvalue weighted by atomic mass is 16.5. The standard InChI is InChI=1S/C58H44N4O2/c1-58(2,3)40-32-33-59-53(34-40)62-47-28-12-10-24-45(47)54-50(62)36-52(55-46-25-11-15-31-51(46)64-57(54)55)63-42-23-16-22-41(35-42)60-37-61(49-30-14-13-29-48(49)60)56-43(38-18-6-4-7-19-38)26-17-27-44(56)39-20-8-5-9-21-39/h4-36H,37H2,1-3H3/i4D,5D,6D,7D,8D,9D,18D,19D,20D. The van der Waals surface area contributed by atoms with Gasteiger partial charge in [-0.2, -0.15) is 0 Å². The number of hydrogen-bond acceptors (Lipinski definition) is 5. The number of rotatable bonds is 7. The fourth-order valence-corrected chi connectivity index (χ4v) is 9.16. The fraction of sp³-hybridized carbons (Fsp3) is 0.0862. The van der Waals surface area contributed by atoms with Gasteiger partial charge in [0.1, 0.15) is 35.2 Å². The Morgan fingerprint density at radius 2 is 1.31 bits per heavy atom. The first-order valence-corrected chi connectivity index (χ1v) is 21.1. The van der Waals surface area contributed by atoms with Gasteiger partial charge in [0, 0.05) is 45.9 Å². The van der Waals surface area contributed by atoms with Gasteiger partial charge in [-0.15, -0.1) is 0 Å². The summed E-state index contributed by atoms with van der Waals surface area (Å²) >= 11 is 0. The Bertz CT molecular complexity index is 4100. The molecule has 11 aromatic rings. The first kappa shape index (κ1) is 29.3. The summed E-state index contributed by atoms with van der Waals surface area (Å²) in [5.74, 6) is 1.88. The Kier molecular flexibility index (Phi) is 6.76. The molecule has 6 heteroatoms. The van der Waals surface area contributed by atoms with Crippen molar-refractivity contribution in [3.63, 3.8) is 0 Å². The Morgan fingerprint density at radius 1 is 0.609 bits per heavy atom. The molecule has 0 atom stereocenters. The molecule has 0 aliphatic carbocycles. The lowest BCUT2D eigenvalue weighted by molar-refractivity contribution is 0.489. The summed E-state index contributed by atoms with van der Waals surface area (Å²) in [7, 11) is 0. The third kappa shape index (κ3) is 6.13. The Hall–Kier alpha value is -8.09. The molecule has 0 radical (unpaired) electrons. The van der Waals surface area contributed by atoms with Crippen LogP contribution >= 0.6 is 0 Å². The molecule has 8 aromatic carbocycles. The second-order valence-electron chi connectivity index (χ2n) is 16.9. The molecule has 6 nitrogen and oxygen atoms in total. The van der Waals surface area contributed by atoms with Crippen molar-refractivity contribution in [2.45, 2.75) is 26.2 Å². The van der Waals surface area contributed by atoms with Crippen LogP contribution in [0.1, 0.15) is 38.7 Å². The van der Waals surface area contributed by atoms with Crippen LogP contribution < -0.4 is 14.5 Å². The molecule has 0 amide bonds. The lowest BCUT2D eigenvalue weighted by Gasteiger charge is -2.27. The van der Waals surface area contributed by atoms with E-state index in [1.807, 2.05) is 96.0 Å². The van der Waals surface area contributed by atoms with Crippen LogP contribution in [0, 0.1) is 0 Å². The second kappa shape index (κ2) is 14.8. The van der Waals surface area contributed by atoms with Gasteiger partial charge >= 0.3 is 0 Å². The molecular formula is C58H44N4O2. The summed E-state index contributed by atoms with van der Waals surface area (Å²) in [6, 6.07) is 40.8. The van der Waals surface area contributed by atoms with Crippen LogP contribution in [-0.2, 0) is 5.41 Å². The van der Waals surface area contributed by atoms with E-state index in [9.17, 15) is 0 Å². The number of furan rings is 1. The molecule has 1 aliphatic rings. The molecule has 0 fully saturated rings. The van der Waals surface area contributed by atoms with E-state index in [0.29, 0.717) is 39.6 Å². The van der Waals surface area contributed by atoms with E-state index in [-0.39, 0.29) is 41.3 Å². The van der Waals surface area contributed by atoms with Crippen molar-refractivity contribution in [1.82, 2.24) is 9.55 Å². The van der Waals surface area contributed by atoms with E-state index in [1.54, 1.807) is 18.2 Å². The Balaban J connectivity index is 1.03. The molecule has 64 heavy (non-hydrogen) atoms. The summed E-state index contributed by atoms with van der Waals surface area (Å²) in [6.45, 7) is 6.71. The number of anilines is 4. The predicted octanol–water partition coefficient (Wildman–Crippen LogP) is 15.7. The smallest absolute Gasteiger partial charge is 0.149 e. The predicted molar refractivity (Wildman–Crippen MR) is 264 cm³/mol. The van der Waals surface area contributed by atoms with Crippen molar-refractivity contribution >= 4 is 66.5 Å². The van der Waals surface area contributed by atoms with Crippen LogP contribution in [0.4, 0.5) is 22.7 Å². The topological polar surface area (TPSA) is 46.7 Å². The first-order chi connectivity index (χ1) is 35.1. The van der Waals surface area contributed by atoms with Gasteiger partial charge in [-0.05, 0) is 70.6 Å². The van der Waals surface area contributed by atoms with E-state index >= 15 is 0 Å². The zero-order chi connectivity index (χ0) is 50.8. The molecule has 0 spiro atoms. The third-order valence-corrected chi connectivity index (χ3v) is 12.1. The van der Waals surface area contributed by atoms with Crippen molar-refractivity contribution in [2.75, 3.05) is 16.5 Å². The van der Waals surface area contributed by atoms with Gasteiger partial charge < -0.3 is 19.0 Å². The largest absolute Gasteiger partial charge is 0.456 e. The average molecular weight is 838 g/mol. The highest BCUT2D eigenvalue weighted by Crippen LogP contribution is 2.51. The van der Waals surface area contributed by atoms with Crippen LogP contribution in [0.5, 0.6) is 11.5 Å². The maximum atomic E-state index is 9.08. The molecule has 0 saturated carbocycles. The molecule has 308 valence electrons. The number of ether oxygens (including phenoxy) is 1. The Labute approximate surface area is 384 Å². The molecule has 0 N–H and O–H groups in total. The number of para-hydroxylation sites is 5. The van der Waals surface area contributed by atoms with Gasteiger partial charge in [0.05, 0.1) is 51.2 Å². The molecule has 0 saturated heterocycles. The lowest BCUT2D eigenvalue weighted by Crippen LogP contribution is -2.24. The minimum atomic E-state index is -0.527. The van der Waals surface area contributed by atoms with E-state index in [2.05, 4.69) is 60.6 Å². The third-order valence-electron chi connectivity index (χ3n) is 12.1. The van der Waals surface area contributed by atoms with E-state index in [4.69, 9.17) is 26.5 Å². The SMILES string of the molecule is [2H]c1cc(-c2cccc(-c3c([2H])c([2H])c([2H])c([2H])c3[2H])c2N2CN(c3cccc(Oc4cc5c(c6ccccc6n5-c5cc(C(C)(C)C)ccn5)c5oc6ccccc6c45)c3)c3ccccc32)c([2H])c([2H])c1[2H]. The molecule has 0 bridgehead atoms. The van der Waals surface area contributed by atoms with E-state index < -0.39 is 36.3 Å². The number of pyridine rings is 1. The maximum absolute atomic E-state index is 9.08. The Morgan fingerprint density at radius 3 is 2.14 bits per heavy atom. The highest BCUT2D eigenvalue weighted by molar-refractivity contribution is 6.25. The van der Waals surface area contributed by atoms with Gasteiger partial charge in [0.15, 0.2) is 0 Å². The van der Waals surface area contributed by atoms with Crippen LogP contribution in [0.3, 0.4) is 0 Å². The van der Waals surface area contributed by atoms with Crippen LogP contribution in [0.15, 0.2) is 205 Å². The van der Waals surface area contributed by atoms with Crippen molar-refractivity contribution in [2.24, 2.45) is 0 Å². The van der Waals surface area contributed by atoms with Gasteiger partial charge in [0.2, 0.25) is 0 Å². The molecule has 3 aromatic heterocycles. The zero-order valence-corrected chi connectivity index (χ0v) is 35.2. The normalized spacial score (nSPS) is 14.8. The zero-order valence-electron chi connectivity index (χ0n) is 44.2. The van der Waals surface area contributed by atoms with E-state index in [1.165, 1.54) is 6.07 Å². The quantitative estimate of drug-likeness (QED) is 0.160. The molecule has 4 heterocycles. The van der Waals surface area contributed by atoms with Gasteiger partial charge in [-0.3, -0.25) is 4.57 Å². The van der Waals surface area contributed by atoms with Gasteiger partial charge in [0.25, 0.3) is 0 Å². The summed E-state index contributed by atoms with van der Waals surface area (Å²) in [6.07, 6.45) is 1.86.